The van der Waals surface area contributed by atoms with E-state index < -0.39 is 0 Å². The molecule has 2 aliphatic rings. The minimum atomic E-state index is 0.253. The summed E-state index contributed by atoms with van der Waals surface area (Å²) >= 11 is 0. The van der Waals surface area contributed by atoms with E-state index in [1.54, 1.807) is 0 Å². The normalized spacial score (nSPS) is 26.7. The number of nitrogens with zero attached hydrogens (tertiary/aromatic N) is 3. The Morgan fingerprint density at radius 1 is 1.26 bits per heavy atom. The van der Waals surface area contributed by atoms with Crippen LogP contribution in [-0.2, 0) is 4.74 Å². The van der Waals surface area contributed by atoms with Gasteiger partial charge in [-0.3, -0.25) is 4.68 Å². The number of ether oxygens (including phenoxy) is 1. The number of aromatic nitrogens is 2. The summed E-state index contributed by atoms with van der Waals surface area (Å²) in [4.78, 5) is 2.27. The quantitative estimate of drug-likeness (QED) is 0.820. The average Bonchev–Trinajstić information content (AvgIpc) is 2.97. The van der Waals surface area contributed by atoms with Crippen LogP contribution in [0, 0.1) is 0 Å². The number of rotatable bonds is 1. The molecule has 1 saturated heterocycles. The monoisotopic (exact) mass is 312 g/mol. The van der Waals surface area contributed by atoms with Gasteiger partial charge in [-0.25, -0.2) is 0 Å². The fraction of sp³-hybridized carbons (Fsp3) is 0.500. The maximum absolute atomic E-state index is 6.23. The molecular weight excluding hydrogens is 288 g/mol. The highest BCUT2D eigenvalue weighted by molar-refractivity contribution is 5.90. The Balaban J connectivity index is 1.84. The van der Waals surface area contributed by atoms with E-state index in [1.165, 1.54) is 16.8 Å². The van der Waals surface area contributed by atoms with Crippen LogP contribution in [0.15, 0.2) is 24.4 Å². The third-order valence-corrected chi connectivity index (χ3v) is 5.32. The highest BCUT2D eigenvalue weighted by Gasteiger charge is 2.33. The number of nitrogen functional groups attached to an aromatic ring is 1. The lowest BCUT2D eigenvalue weighted by molar-refractivity contribution is 0.00277. The molecule has 0 amide bonds. The summed E-state index contributed by atoms with van der Waals surface area (Å²) in [5.41, 5.74) is 11.9. The summed E-state index contributed by atoms with van der Waals surface area (Å²) in [5, 5.41) is 4.76. The Morgan fingerprint density at radius 2 is 2.09 bits per heavy atom. The van der Waals surface area contributed by atoms with Crippen molar-refractivity contribution in [1.29, 1.82) is 0 Å². The second-order valence-electron chi connectivity index (χ2n) is 6.78. The molecular formula is C18H24N4O. The second kappa shape index (κ2) is 5.27. The lowest BCUT2D eigenvalue weighted by atomic mass is 9.93. The van der Waals surface area contributed by atoms with Crippen LogP contribution in [0.1, 0.15) is 44.5 Å². The summed E-state index contributed by atoms with van der Waals surface area (Å²) in [5.74, 6) is 0. The Bertz CT molecular complexity index is 739. The molecule has 1 fully saturated rings. The van der Waals surface area contributed by atoms with Crippen LogP contribution in [-0.4, -0.2) is 29.5 Å². The first-order valence-electron chi connectivity index (χ1n) is 8.38. The first kappa shape index (κ1) is 14.6. The molecule has 0 spiro atoms. The lowest BCUT2D eigenvalue weighted by Gasteiger charge is -2.37. The maximum Gasteiger partial charge on any atom is 0.0688 e. The smallest absolute Gasteiger partial charge is 0.0688 e. The molecule has 3 atom stereocenters. The van der Waals surface area contributed by atoms with Crippen LogP contribution in [0.4, 0.5) is 11.4 Å². The third-order valence-electron chi connectivity index (χ3n) is 5.32. The molecule has 2 N–H and O–H groups in total. The molecule has 5 nitrogen and oxygen atoms in total. The highest BCUT2D eigenvalue weighted by Crippen LogP contribution is 2.47. The molecule has 122 valence electrons. The number of hydrogen-bond donors (Lipinski definition) is 1. The van der Waals surface area contributed by atoms with Gasteiger partial charge in [0.25, 0.3) is 0 Å². The van der Waals surface area contributed by atoms with E-state index in [4.69, 9.17) is 15.6 Å². The van der Waals surface area contributed by atoms with Gasteiger partial charge in [0.15, 0.2) is 0 Å². The Kier molecular flexibility index (Phi) is 3.34. The average molecular weight is 312 g/mol. The zero-order valence-electron chi connectivity index (χ0n) is 14.0. The standard InChI is InChI=1S/C18H24N4O/c1-11-9-13(7-8-23-11)22-17-12(2)21(3)18-14(15(17)10-20-22)5-4-6-16(18)19/h4-6,10-13H,7-9,19H2,1-3H3. The second-order valence-corrected chi connectivity index (χ2v) is 6.78. The molecule has 4 rings (SSSR count). The molecule has 2 aromatic rings. The van der Waals surface area contributed by atoms with Crippen molar-refractivity contribution in [2.75, 3.05) is 24.3 Å². The van der Waals surface area contributed by atoms with Crippen molar-refractivity contribution in [3.05, 3.63) is 30.1 Å². The molecule has 2 aliphatic heterocycles. The van der Waals surface area contributed by atoms with E-state index >= 15 is 0 Å². The summed E-state index contributed by atoms with van der Waals surface area (Å²) in [7, 11) is 2.12. The van der Waals surface area contributed by atoms with Gasteiger partial charge in [0.1, 0.15) is 0 Å². The fourth-order valence-electron chi connectivity index (χ4n) is 4.03. The van der Waals surface area contributed by atoms with Gasteiger partial charge in [0, 0.05) is 24.8 Å². The molecule has 1 aromatic heterocycles. The number of fused-ring (bicyclic) bond motifs is 3. The number of para-hydroxylation sites is 1. The zero-order chi connectivity index (χ0) is 16.1. The third kappa shape index (κ3) is 2.14. The van der Waals surface area contributed by atoms with Crippen LogP contribution in [0.25, 0.3) is 11.1 Å². The van der Waals surface area contributed by atoms with Crippen LogP contribution < -0.4 is 10.6 Å². The van der Waals surface area contributed by atoms with E-state index in [1.807, 2.05) is 18.3 Å². The van der Waals surface area contributed by atoms with Gasteiger partial charge in [-0.1, -0.05) is 12.1 Å². The van der Waals surface area contributed by atoms with Crippen molar-refractivity contribution in [1.82, 2.24) is 9.78 Å². The summed E-state index contributed by atoms with van der Waals surface area (Å²) in [6.07, 6.45) is 4.36. The first-order valence-corrected chi connectivity index (χ1v) is 8.38. The minimum absolute atomic E-state index is 0.253. The van der Waals surface area contributed by atoms with Crippen molar-refractivity contribution in [3.63, 3.8) is 0 Å². The number of benzene rings is 1. The molecule has 1 aromatic carbocycles. The van der Waals surface area contributed by atoms with Gasteiger partial charge >= 0.3 is 0 Å². The Labute approximate surface area is 137 Å². The maximum atomic E-state index is 6.23. The van der Waals surface area contributed by atoms with E-state index in [-0.39, 0.29) is 6.04 Å². The fourth-order valence-corrected chi connectivity index (χ4v) is 4.03. The van der Waals surface area contributed by atoms with Gasteiger partial charge in [-0.2, -0.15) is 5.10 Å². The van der Waals surface area contributed by atoms with Crippen molar-refractivity contribution >= 4 is 11.4 Å². The number of nitrogens with two attached hydrogens (primary N) is 1. The SMILES string of the molecule is CC1CC(n2ncc3c2C(C)N(C)c2c(N)cccc2-3)CCO1. The number of anilines is 2. The van der Waals surface area contributed by atoms with E-state index in [0.717, 1.165) is 30.8 Å². The molecule has 0 aliphatic carbocycles. The van der Waals surface area contributed by atoms with Gasteiger partial charge in [0.05, 0.1) is 41.5 Å². The number of hydrogen-bond acceptors (Lipinski definition) is 4. The van der Waals surface area contributed by atoms with Crippen LogP contribution in [0.3, 0.4) is 0 Å². The van der Waals surface area contributed by atoms with Gasteiger partial charge in [-0.05, 0) is 32.8 Å². The van der Waals surface area contributed by atoms with Crippen molar-refractivity contribution in [3.8, 4) is 11.1 Å². The van der Waals surface area contributed by atoms with E-state index in [0.29, 0.717) is 12.1 Å². The summed E-state index contributed by atoms with van der Waals surface area (Å²) < 4.78 is 7.94. The summed E-state index contributed by atoms with van der Waals surface area (Å²) in [6, 6.07) is 6.81. The van der Waals surface area contributed by atoms with Gasteiger partial charge < -0.3 is 15.4 Å². The molecule has 3 unspecified atom stereocenters. The zero-order valence-corrected chi connectivity index (χ0v) is 14.0. The molecule has 5 heteroatoms. The van der Waals surface area contributed by atoms with Crippen LogP contribution >= 0.6 is 0 Å². The molecule has 3 heterocycles. The summed E-state index contributed by atoms with van der Waals surface area (Å²) in [6.45, 7) is 5.19. The highest BCUT2D eigenvalue weighted by atomic mass is 16.5. The van der Waals surface area contributed by atoms with Crippen molar-refractivity contribution < 1.29 is 4.74 Å². The molecule has 0 radical (unpaired) electrons. The largest absolute Gasteiger partial charge is 0.397 e. The minimum Gasteiger partial charge on any atom is -0.397 e. The Morgan fingerprint density at radius 3 is 2.87 bits per heavy atom. The van der Waals surface area contributed by atoms with Gasteiger partial charge in [0.2, 0.25) is 0 Å². The van der Waals surface area contributed by atoms with E-state index in [9.17, 15) is 0 Å². The van der Waals surface area contributed by atoms with Crippen molar-refractivity contribution in [2.24, 2.45) is 0 Å². The van der Waals surface area contributed by atoms with Gasteiger partial charge in [-0.15, -0.1) is 0 Å². The van der Waals surface area contributed by atoms with E-state index in [2.05, 4.69) is 36.5 Å². The molecule has 0 saturated carbocycles. The first-order chi connectivity index (χ1) is 11.1. The van der Waals surface area contributed by atoms with Crippen LogP contribution in [0.5, 0.6) is 0 Å². The lowest BCUT2D eigenvalue weighted by Crippen LogP contribution is -2.32. The molecule has 23 heavy (non-hydrogen) atoms. The molecule has 0 bridgehead atoms. The Hall–Kier alpha value is -2.01. The predicted molar refractivity (Wildman–Crippen MR) is 92.6 cm³/mol. The predicted octanol–water partition coefficient (Wildman–Crippen LogP) is 3.38. The topological polar surface area (TPSA) is 56.3 Å². The van der Waals surface area contributed by atoms with Crippen molar-refractivity contribution in [2.45, 2.75) is 44.9 Å². The van der Waals surface area contributed by atoms with Crippen LogP contribution in [0.2, 0.25) is 0 Å².